The average Bonchev–Trinajstić information content (AvgIpc) is 2.46. The van der Waals surface area contributed by atoms with E-state index in [0.717, 1.165) is 4.47 Å². The van der Waals surface area contributed by atoms with Crippen molar-refractivity contribution in [1.29, 1.82) is 0 Å². The van der Waals surface area contributed by atoms with E-state index in [2.05, 4.69) is 25.8 Å². The second-order valence-corrected chi connectivity index (χ2v) is 5.55. The molecular formula is C13H16BrN3O3. The standard InChI is InChI=1S/C13H16BrN3O3/c14-10-1-2-11(15-9-10)13(20)17-7-5-16(6-8-17)4-3-12(18)19/h1-2,9H,3-8H2,(H,18,19). The molecule has 7 heteroatoms. The molecule has 0 bridgehead atoms. The van der Waals surface area contributed by atoms with Crippen molar-refractivity contribution in [3.63, 3.8) is 0 Å². The third kappa shape index (κ3) is 4.01. The van der Waals surface area contributed by atoms with Gasteiger partial charge in [0.15, 0.2) is 0 Å². The van der Waals surface area contributed by atoms with E-state index in [1.54, 1.807) is 23.2 Å². The number of carbonyl (C=O) groups excluding carboxylic acids is 1. The first-order valence-corrected chi connectivity index (χ1v) is 7.20. The molecule has 2 rings (SSSR count). The molecule has 0 spiro atoms. The molecular weight excluding hydrogens is 326 g/mol. The molecule has 1 aromatic rings. The minimum absolute atomic E-state index is 0.0737. The number of hydrogen-bond acceptors (Lipinski definition) is 4. The molecule has 0 unspecified atom stereocenters. The molecule has 0 atom stereocenters. The van der Waals surface area contributed by atoms with Crippen molar-refractivity contribution in [3.05, 3.63) is 28.5 Å². The van der Waals surface area contributed by atoms with Crippen molar-refractivity contribution in [2.24, 2.45) is 0 Å². The lowest BCUT2D eigenvalue weighted by molar-refractivity contribution is -0.137. The number of rotatable bonds is 4. The van der Waals surface area contributed by atoms with Gasteiger partial charge in [0.2, 0.25) is 0 Å². The van der Waals surface area contributed by atoms with Gasteiger partial charge < -0.3 is 10.0 Å². The van der Waals surface area contributed by atoms with Gasteiger partial charge in [0.1, 0.15) is 5.69 Å². The van der Waals surface area contributed by atoms with Gasteiger partial charge in [-0.1, -0.05) is 0 Å². The highest BCUT2D eigenvalue weighted by molar-refractivity contribution is 9.10. The molecule has 6 nitrogen and oxygen atoms in total. The van der Waals surface area contributed by atoms with E-state index in [1.807, 2.05) is 0 Å². The number of hydrogen-bond donors (Lipinski definition) is 1. The van der Waals surface area contributed by atoms with Crippen molar-refractivity contribution < 1.29 is 14.7 Å². The summed E-state index contributed by atoms with van der Waals surface area (Å²) in [6.07, 6.45) is 1.75. The van der Waals surface area contributed by atoms with E-state index in [9.17, 15) is 9.59 Å². The second kappa shape index (κ2) is 6.81. The highest BCUT2D eigenvalue weighted by atomic mass is 79.9. The number of piperazine rings is 1. The van der Waals surface area contributed by atoms with Gasteiger partial charge in [-0.05, 0) is 28.1 Å². The number of aromatic nitrogens is 1. The van der Waals surface area contributed by atoms with Crippen LogP contribution in [0.1, 0.15) is 16.9 Å². The van der Waals surface area contributed by atoms with E-state index in [1.165, 1.54) is 0 Å². The summed E-state index contributed by atoms with van der Waals surface area (Å²) >= 11 is 3.29. The number of carboxylic acids is 1. The number of carboxylic acid groups (broad SMARTS) is 1. The predicted octanol–water partition coefficient (Wildman–Crippen LogP) is 1.08. The molecule has 1 aliphatic rings. The van der Waals surface area contributed by atoms with E-state index in [-0.39, 0.29) is 12.3 Å². The van der Waals surface area contributed by atoms with Crippen molar-refractivity contribution >= 4 is 27.8 Å². The van der Waals surface area contributed by atoms with E-state index < -0.39 is 5.97 Å². The van der Waals surface area contributed by atoms with Gasteiger partial charge in [0.05, 0.1) is 6.42 Å². The van der Waals surface area contributed by atoms with Crippen molar-refractivity contribution in [1.82, 2.24) is 14.8 Å². The summed E-state index contributed by atoms with van der Waals surface area (Å²) in [7, 11) is 0. The zero-order chi connectivity index (χ0) is 14.5. The molecule has 108 valence electrons. The summed E-state index contributed by atoms with van der Waals surface area (Å²) in [5, 5.41) is 8.65. The molecule has 2 heterocycles. The lowest BCUT2D eigenvalue weighted by Gasteiger charge is -2.34. The summed E-state index contributed by atoms with van der Waals surface area (Å²) in [6, 6.07) is 3.49. The molecule has 1 saturated heterocycles. The van der Waals surface area contributed by atoms with Crippen molar-refractivity contribution in [2.45, 2.75) is 6.42 Å². The SMILES string of the molecule is O=C(O)CCN1CCN(C(=O)c2ccc(Br)cn2)CC1. The Bertz CT molecular complexity index is 484. The molecule has 1 fully saturated rings. The largest absolute Gasteiger partial charge is 0.481 e. The molecule has 1 amide bonds. The first-order chi connectivity index (χ1) is 9.56. The van der Waals surface area contributed by atoms with Crippen LogP contribution in [-0.4, -0.2) is 64.5 Å². The molecule has 1 aromatic heterocycles. The highest BCUT2D eigenvalue weighted by Crippen LogP contribution is 2.11. The van der Waals surface area contributed by atoms with Crippen LogP contribution in [0.25, 0.3) is 0 Å². The fourth-order valence-corrected chi connectivity index (χ4v) is 2.33. The summed E-state index contributed by atoms with van der Waals surface area (Å²) in [5.41, 5.74) is 0.437. The van der Waals surface area contributed by atoms with Crippen LogP contribution in [0.2, 0.25) is 0 Å². The zero-order valence-corrected chi connectivity index (χ0v) is 12.5. The fourth-order valence-electron chi connectivity index (χ4n) is 2.09. The maximum atomic E-state index is 12.2. The Morgan fingerprint density at radius 2 is 1.95 bits per heavy atom. The fraction of sp³-hybridized carbons (Fsp3) is 0.462. The van der Waals surface area contributed by atoms with Crippen LogP contribution in [0.15, 0.2) is 22.8 Å². The summed E-state index contributed by atoms with van der Waals surface area (Å²) in [6.45, 7) is 3.16. The number of aliphatic carboxylic acids is 1. The Kier molecular flexibility index (Phi) is 5.08. The molecule has 0 aliphatic carbocycles. The summed E-state index contributed by atoms with van der Waals surface area (Å²) < 4.78 is 0.840. The molecule has 1 aliphatic heterocycles. The maximum Gasteiger partial charge on any atom is 0.304 e. The minimum Gasteiger partial charge on any atom is -0.481 e. The number of halogens is 1. The van der Waals surface area contributed by atoms with E-state index >= 15 is 0 Å². The van der Waals surface area contributed by atoms with Crippen molar-refractivity contribution in [2.75, 3.05) is 32.7 Å². The van der Waals surface area contributed by atoms with Crippen LogP contribution in [0, 0.1) is 0 Å². The second-order valence-electron chi connectivity index (χ2n) is 4.64. The number of carbonyl (C=O) groups is 2. The van der Waals surface area contributed by atoms with Gasteiger partial charge in [0.25, 0.3) is 5.91 Å². The Balaban J connectivity index is 1.85. The lowest BCUT2D eigenvalue weighted by Crippen LogP contribution is -2.49. The van der Waals surface area contributed by atoms with E-state index in [0.29, 0.717) is 38.4 Å². The van der Waals surface area contributed by atoms with Crippen LogP contribution >= 0.6 is 15.9 Å². The summed E-state index contributed by atoms with van der Waals surface area (Å²) in [5.74, 6) is -0.863. The maximum absolute atomic E-state index is 12.2. The van der Waals surface area contributed by atoms with Gasteiger partial charge in [-0.25, -0.2) is 4.98 Å². The minimum atomic E-state index is -0.789. The van der Waals surface area contributed by atoms with Gasteiger partial charge in [-0.3, -0.25) is 14.5 Å². The topological polar surface area (TPSA) is 73.7 Å². The number of pyridine rings is 1. The highest BCUT2D eigenvalue weighted by Gasteiger charge is 2.22. The van der Waals surface area contributed by atoms with Gasteiger partial charge in [0, 0.05) is 43.4 Å². The van der Waals surface area contributed by atoms with Gasteiger partial charge in [-0.2, -0.15) is 0 Å². The van der Waals surface area contributed by atoms with Crippen LogP contribution in [-0.2, 0) is 4.79 Å². The molecule has 0 saturated carbocycles. The lowest BCUT2D eigenvalue weighted by atomic mass is 10.2. The van der Waals surface area contributed by atoms with Crippen LogP contribution in [0.4, 0.5) is 0 Å². The predicted molar refractivity (Wildman–Crippen MR) is 76.5 cm³/mol. The number of nitrogens with zero attached hydrogens (tertiary/aromatic N) is 3. The average molecular weight is 342 g/mol. The third-order valence-electron chi connectivity index (χ3n) is 3.25. The molecule has 20 heavy (non-hydrogen) atoms. The van der Waals surface area contributed by atoms with Crippen LogP contribution < -0.4 is 0 Å². The van der Waals surface area contributed by atoms with Crippen LogP contribution in [0.5, 0.6) is 0 Å². The van der Waals surface area contributed by atoms with Gasteiger partial charge >= 0.3 is 5.97 Å². The smallest absolute Gasteiger partial charge is 0.304 e. The van der Waals surface area contributed by atoms with Crippen LogP contribution in [0.3, 0.4) is 0 Å². The normalized spacial score (nSPS) is 16.1. The first kappa shape index (κ1) is 14.9. The zero-order valence-electron chi connectivity index (χ0n) is 11.0. The van der Waals surface area contributed by atoms with E-state index in [4.69, 9.17) is 5.11 Å². The Labute approximate surface area is 125 Å². The summed E-state index contributed by atoms with van der Waals surface area (Å²) in [4.78, 5) is 30.7. The quantitative estimate of drug-likeness (QED) is 0.886. The molecule has 0 radical (unpaired) electrons. The molecule has 0 aromatic carbocycles. The van der Waals surface area contributed by atoms with Gasteiger partial charge in [-0.15, -0.1) is 0 Å². The Morgan fingerprint density at radius 1 is 1.25 bits per heavy atom. The first-order valence-electron chi connectivity index (χ1n) is 6.41. The Morgan fingerprint density at radius 3 is 2.50 bits per heavy atom. The van der Waals surface area contributed by atoms with Crippen molar-refractivity contribution in [3.8, 4) is 0 Å². The number of amides is 1. The Hall–Kier alpha value is -1.47. The monoisotopic (exact) mass is 341 g/mol. The molecule has 1 N–H and O–H groups in total. The third-order valence-corrected chi connectivity index (χ3v) is 3.72.